The Morgan fingerprint density at radius 1 is 1.29 bits per heavy atom. The summed E-state index contributed by atoms with van der Waals surface area (Å²) in [6, 6.07) is 10.3. The first-order valence-corrected chi connectivity index (χ1v) is 5.86. The number of nitro groups is 1. The van der Waals surface area contributed by atoms with Gasteiger partial charge in [0.25, 0.3) is 5.69 Å². The normalized spacial score (nSPS) is 9.67. The van der Waals surface area contributed by atoms with Crippen molar-refractivity contribution in [1.29, 1.82) is 0 Å². The number of aromatic carboxylic acids is 1. The minimum atomic E-state index is -1.18. The van der Waals surface area contributed by atoms with E-state index in [1.54, 1.807) is 24.3 Å². The summed E-state index contributed by atoms with van der Waals surface area (Å²) >= 11 is 0. The number of nitrogens with one attached hydrogen (secondary N) is 1. The molecule has 0 atom stereocenters. The molecule has 0 saturated heterocycles. The van der Waals surface area contributed by atoms with E-state index in [1.807, 2.05) is 0 Å². The molecular weight excluding hydrogens is 272 g/mol. The van der Waals surface area contributed by atoms with Gasteiger partial charge in [-0.2, -0.15) is 0 Å². The highest BCUT2D eigenvalue weighted by atomic mass is 16.6. The zero-order valence-corrected chi connectivity index (χ0v) is 10.7. The minimum Gasteiger partial charge on any atom is -0.478 e. The molecule has 6 heteroatoms. The second kappa shape index (κ2) is 5.75. The number of rotatable bonds is 4. The molecule has 104 valence electrons. The van der Waals surface area contributed by atoms with E-state index < -0.39 is 10.9 Å². The van der Waals surface area contributed by atoms with Gasteiger partial charge < -0.3 is 10.4 Å². The lowest BCUT2D eigenvalue weighted by Crippen LogP contribution is -2.03. The van der Waals surface area contributed by atoms with E-state index in [9.17, 15) is 14.9 Å². The highest BCUT2D eigenvalue weighted by Gasteiger charge is 2.15. The van der Waals surface area contributed by atoms with Crippen molar-refractivity contribution in [1.82, 2.24) is 0 Å². The fourth-order valence-corrected chi connectivity index (χ4v) is 1.78. The average Bonchev–Trinajstić information content (AvgIpc) is 2.47. The summed E-state index contributed by atoms with van der Waals surface area (Å²) in [5, 5.41) is 22.8. The van der Waals surface area contributed by atoms with Crippen molar-refractivity contribution < 1.29 is 14.8 Å². The van der Waals surface area contributed by atoms with Gasteiger partial charge in [-0.05, 0) is 24.3 Å². The third kappa shape index (κ3) is 3.16. The highest BCUT2D eigenvalue weighted by molar-refractivity contribution is 5.95. The number of nitro benzene ring substituents is 1. The summed E-state index contributed by atoms with van der Waals surface area (Å²) in [6.45, 7) is 0. The molecule has 2 rings (SSSR count). The summed E-state index contributed by atoms with van der Waals surface area (Å²) in [7, 11) is 0. The third-order valence-corrected chi connectivity index (χ3v) is 2.75. The smallest absolute Gasteiger partial charge is 0.337 e. The number of hydrogen-bond acceptors (Lipinski definition) is 4. The van der Waals surface area contributed by atoms with Gasteiger partial charge in [-0.25, -0.2) is 4.79 Å². The van der Waals surface area contributed by atoms with E-state index in [-0.39, 0.29) is 16.9 Å². The molecule has 0 heterocycles. The van der Waals surface area contributed by atoms with Crippen LogP contribution < -0.4 is 5.32 Å². The van der Waals surface area contributed by atoms with Crippen molar-refractivity contribution in [3.8, 4) is 12.3 Å². The van der Waals surface area contributed by atoms with E-state index in [4.69, 9.17) is 11.5 Å². The average molecular weight is 282 g/mol. The van der Waals surface area contributed by atoms with Gasteiger partial charge in [-0.3, -0.25) is 10.1 Å². The standard InChI is InChI=1S/C15H10N2O4/c1-2-10-4-3-5-11(8-10)16-14-9-12(17(20)21)6-7-13(14)15(18)19/h1,3-9,16H,(H,18,19). The van der Waals surface area contributed by atoms with Gasteiger partial charge in [0.15, 0.2) is 0 Å². The Hall–Kier alpha value is -3.33. The molecule has 0 bridgehead atoms. The Kier molecular flexibility index (Phi) is 3.86. The maximum atomic E-state index is 11.2. The zero-order chi connectivity index (χ0) is 15.4. The Balaban J connectivity index is 2.45. The van der Waals surface area contributed by atoms with E-state index in [0.29, 0.717) is 11.3 Å². The lowest BCUT2D eigenvalue weighted by molar-refractivity contribution is -0.384. The first-order chi connectivity index (χ1) is 10.0. The van der Waals surface area contributed by atoms with Crippen LogP contribution in [0.3, 0.4) is 0 Å². The second-order valence-electron chi connectivity index (χ2n) is 4.14. The summed E-state index contributed by atoms with van der Waals surface area (Å²) in [4.78, 5) is 21.4. The van der Waals surface area contributed by atoms with Gasteiger partial charge in [-0.1, -0.05) is 12.0 Å². The van der Waals surface area contributed by atoms with Gasteiger partial charge in [0.1, 0.15) is 0 Å². The predicted octanol–water partition coefficient (Wildman–Crippen LogP) is 3.02. The monoisotopic (exact) mass is 282 g/mol. The Morgan fingerprint density at radius 3 is 2.67 bits per heavy atom. The van der Waals surface area contributed by atoms with Gasteiger partial charge in [0.2, 0.25) is 0 Å². The number of hydrogen-bond donors (Lipinski definition) is 2. The van der Waals surface area contributed by atoms with Crippen LogP contribution in [0.25, 0.3) is 0 Å². The first kappa shape index (κ1) is 14.1. The lowest BCUT2D eigenvalue weighted by atomic mass is 10.1. The number of anilines is 2. The summed E-state index contributed by atoms with van der Waals surface area (Å²) in [5.41, 5.74) is 1.03. The number of carboxylic acid groups (broad SMARTS) is 1. The maximum absolute atomic E-state index is 11.2. The van der Waals surface area contributed by atoms with E-state index in [1.165, 1.54) is 12.1 Å². The second-order valence-corrected chi connectivity index (χ2v) is 4.14. The van der Waals surface area contributed by atoms with Crippen LogP contribution in [0, 0.1) is 22.5 Å². The molecule has 21 heavy (non-hydrogen) atoms. The van der Waals surface area contributed by atoms with Crippen LogP contribution in [0.15, 0.2) is 42.5 Å². The number of carboxylic acids is 1. The van der Waals surface area contributed by atoms with Crippen molar-refractivity contribution >= 4 is 23.0 Å². The van der Waals surface area contributed by atoms with Crippen molar-refractivity contribution in [3.05, 3.63) is 63.7 Å². The van der Waals surface area contributed by atoms with E-state index in [2.05, 4.69) is 11.2 Å². The molecule has 0 amide bonds. The SMILES string of the molecule is C#Cc1cccc(Nc2cc([N+](=O)[O-])ccc2C(=O)O)c1. The number of carbonyl (C=O) groups is 1. The van der Waals surface area contributed by atoms with Crippen LogP contribution in [-0.2, 0) is 0 Å². The number of non-ortho nitro benzene ring substituents is 1. The van der Waals surface area contributed by atoms with Crippen LogP contribution in [0.2, 0.25) is 0 Å². The molecule has 0 fully saturated rings. The number of nitrogens with zero attached hydrogens (tertiary/aromatic N) is 1. The molecule has 0 spiro atoms. The van der Waals surface area contributed by atoms with Gasteiger partial charge >= 0.3 is 5.97 Å². The minimum absolute atomic E-state index is 0.0632. The zero-order valence-electron chi connectivity index (χ0n) is 10.7. The summed E-state index contributed by atoms with van der Waals surface area (Å²) in [5.74, 6) is 1.28. The molecule has 0 radical (unpaired) electrons. The van der Waals surface area contributed by atoms with Crippen molar-refractivity contribution in [3.63, 3.8) is 0 Å². The fourth-order valence-electron chi connectivity index (χ4n) is 1.78. The van der Waals surface area contributed by atoms with Crippen LogP contribution in [0.5, 0.6) is 0 Å². The largest absolute Gasteiger partial charge is 0.478 e. The molecule has 0 unspecified atom stereocenters. The van der Waals surface area contributed by atoms with Crippen LogP contribution in [0.4, 0.5) is 17.1 Å². The molecule has 0 aliphatic carbocycles. The van der Waals surface area contributed by atoms with Gasteiger partial charge in [0.05, 0.1) is 16.2 Å². The van der Waals surface area contributed by atoms with E-state index >= 15 is 0 Å². The Bertz CT molecular complexity index is 763. The fraction of sp³-hybridized carbons (Fsp3) is 0. The molecular formula is C15H10N2O4. The molecule has 0 aromatic heterocycles. The lowest BCUT2D eigenvalue weighted by Gasteiger charge is -2.09. The van der Waals surface area contributed by atoms with Gasteiger partial charge in [0, 0.05) is 23.4 Å². The predicted molar refractivity (Wildman–Crippen MR) is 77.7 cm³/mol. The van der Waals surface area contributed by atoms with Crippen molar-refractivity contribution in [2.24, 2.45) is 0 Å². The number of benzene rings is 2. The summed E-state index contributed by atoms with van der Waals surface area (Å²) in [6.07, 6.45) is 5.29. The molecule has 0 aliphatic rings. The molecule has 2 N–H and O–H groups in total. The molecule has 2 aromatic carbocycles. The van der Waals surface area contributed by atoms with Crippen LogP contribution >= 0.6 is 0 Å². The molecule has 0 saturated carbocycles. The third-order valence-electron chi connectivity index (χ3n) is 2.75. The van der Waals surface area contributed by atoms with Crippen LogP contribution in [-0.4, -0.2) is 16.0 Å². The topological polar surface area (TPSA) is 92.5 Å². The highest BCUT2D eigenvalue weighted by Crippen LogP contribution is 2.26. The van der Waals surface area contributed by atoms with Gasteiger partial charge in [-0.15, -0.1) is 6.42 Å². The first-order valence-electron chi connectivity index (χ1n) is 5.86. The van der Waals surface area contributed by atoms with Crippen molar-refractivity contribution in [2.75, 3.05) is 5.32 Å². The maximum Gasteiger partial charge on any atom is 0.337 e. The van der Waals surface area contributed by atoms with Crippen molar-refractivity contribution in [2.45, 2.75) is 0 Å². The summed E-state index contributed by atoms with van der Waals surface area (Å²) < 4.78 is 0. The molecule has 2 aromatic rings. The quantitative estimate of drug-likeness (QED) is 0.511. The Morgan fingerprint density at radius 2 is 2.05 bits per heavy atom. The van der Waals surface area contributed by atoms with E-state index in [0.717, 1.165) is 6.07 Å². The molecule has 6 nitrogen and oxygen atoms in total. The van der Waals surface area contributed by atoms with Crippen LogP contribution in [0.1, 0.15) is 15.9 Å². The number of terminal acetylenes is 1. The Labute approximate surface area is 120 Å². The molecule has 0 aliphatic heterocycles.